The molecule has 21 heavy (non-hydrogen) atoms. The first-order chi connectivity index (χ1) is 9.86. The van der Waals surface area contributed by atoms with Gasteiger partial charge >= 0.3 is 0 Å². The number of benzene rings is 1. The molecule has 1 aromatic rings. The monoisotopic (exact) mass is 320 g/mol. The highest BCUT2D eigenvalue weighted by molar-refractivity contribution is 7.89. The van der Waals surface area contributed by atoms with Crippen LogP contribution < -0.4 is 0 Å². The number of aliphatic hydroxyl groups excluding tert-OH is 1. The van der Waals surface area contributed by atoms with Gasteiger partial charge in [-0.25, -0.2) is 12.8 Å². The normalized spacial score (nSPS) is 20.4. The molecule has 8 nitrogen and oxygen atoms in total. The van der Waals surface area contributed by atoms with Crippen LogP contribution >= 0.6 is 0 Å². The van der Waals surface area contributed by atoms with Crippen LogP contribution in [0.4, 0.5) is 10.1 Å². The molecule has 116 valence electrons. The smallest absolute Gasteiger partial charge is 0.292 e. The van der Waals surface area contributed by atoms with Crippen molar-refractivity contribution in [3.63, 3.8) is 0 Å². The number of nitrogens with zero attached hydrogens (tertiary/aromatic N) is 2. The first-order valence-electron chi connectivity index (χ1n) is 6.03. The van der Waals surface area contributed by atoms with E-state index in [1.54, 1.807) is 0 Å². The quantitative estimate of drug-likeness (QED) is 0.623. The molecule has 1 saturated heterocycles. The van der Waals surface area contributed by atoms with Crippen LogP contribution in [0, 0.1) is 15.9 Å². The van der Waals surface area contributed by atoms with Gasteiger partial charge in [-0.1, -0.05) is 0 Å². The van der Waals surface area contributed by atoms with Gasteiger partial charge in [0.15, 0.2) is 4.90 Å². The second-order valence-corrected chi connectivity index (χ2v) is 6.31. The summed E-state index contributed by atoms with van der Waals surface area (Å²) in [6.07, 6.45) is -0.687. The Morgan fingerprint density at radius 2 is 2.24 bits per heavy atom. The molecule has 2 rings (SSSR count). The minimum absolute atomic E-state index is 0.00731. The molecule has 0 spiro atoms. The standard InChI is InChI=1S/C11H13FN2O6S/c12-8-1-2-11(10(5-8)14(16)17)21(18,19)13-3-4-20-9(6-13)7-15/h1-2,5,9,15H,3-4,6-7H2. The van der Waals surface area contributed by atoms with E-state index in [9.17, 15) is 22.9 Å². The van der Waals surface area contributed by atoms with Crippen molar-refractivity contribution in [2.24, 2.45) is 0 Å². The van der Waals surface area contributed by atoms with Crippen LogP contribution in [-0.4, -0.2) is 55.2 Å². The van der Waals surface area contributed by atoms with Crippen molar-refractivity contribution in [3.05, 3.63) is 34.1 Å². The average molecular weight is 320 g/mol. The summed E-state index contributed by atoms with van der Waals surface area (Å²) in [6.45, 7) is -0.405. The Morgan fingerprint density at radius 3 is 2.86 bits per heavy atom. The molecular weight excluding hydrogens is 307 g/mol. The highest BCUT2D eigenvalue weighted by Gasteiger charge is 2.35. The van der Waals surface area contributed by atoms with Crippen LogP contribution in [0.2, 0.25) is 0 Å². The Hall–Kier alpha value is -1.62. The van der Waals surface area contributed by atoms with E-state index in [2.05, 4.69) is 0 Å². The van der Waals surface area contributed by atoms with Crippen LogP contribution in [0.15, 0.2) is 23.1 Å². The van der Waals surface area contributed by atoms with Crippen molar-refractivity contribution in [1.82, 2.24) is 4.31 Å². The summed E-state index contributed by atoms with van der Waals surface area (Å²) in [5.74, 6) is -0.893. The molecule has 1 unspecified atom stereocenters. The number of sulfonamides is 1. The van der Waals surface area contributed by atoms with E-state index >= 15 is 0 Å². The highest BCUT2D eigenvalue weighted by atomic mass is 32.2. The van der Waals surface area contributed by atoms with Gasteiger partial charge in [0, 0.05) is 13.1 Å². The molecule has 1 fully saturated rings. The highest BCUT2D eigenvalue weighted by Crippen LogP contribution is 2.28. The second-order valence-electron chi connectivity index (χ2n) is 4.41. The molecule has 1 aliphatic heterocycles. The molecule has 0 aliphatic carbocycles. The third-order valence-corrected chi connectivity index (χ3v) is 4.95. The molecule has 1 aliphatic rings. The lowest BCUT2D eigenvalue weighted by Crippen LogP contribution is -2.46. The van der Waals surface area contributed by atoms with Gasteiger partial charge in [-0.3, -0.25) is 10.1 Å². The molecule has 0 radical (unpaired) electrons. The number of nitro groups is 1. The first kappa shape index (κ1) is 15.8. The summed E-state index contributed by atoms with van der Waals surface area (Å²) in [5.41, 5.74) is -0.818. The predicted octanol–water partition coefficient (Wildman–Crippen LogP) is 0.116. The lowest BCUT2D eigenvalue weighted by Gasteiger charge is -2.31. The van der Waals surface area contributed by atoms with Crippen LogP contribution in [-0.2, 0) is 14.8 Å². The summed E-state index contributed by atoms with van der Waals surface area (Å²) in [6, 6.07) is 2.28. The topological polar surface area (TPSA) is 110 Å². The zero-order chi connectivity index (χ0) is 15.6. The average Bonchev–Trinajstić information content (AvgIpc) is 2.46. The molecule has 1 N–H and O–H groups in total. The van der Waals surface area contributed by atoms with Crippen molar-refractivity contribution >= 4 is 15.7 Å². The zero-order valence-corrected chi connectivity index (χ0v) is 11.6. The molecule has 0 amide bonds. The van der Waals surface area contributed by atoms with Gasteiger partial charge in [0.1, 0.15) is 5.82 Å². The molecule has 0 saturated carbocycles. The van der Waals surface area contributed by atoms with Crippen molar-refractivity contribution in [2.75, 3.05) is 26.3 Å². The second kappa shape index (κ2) is 6.02. The molecule has 1 aromatic carbocycles. The molecule has 1 atom stereocenters. The maximum atomic E-state index is 13.1. The molecule has 1 heterocycles. The lowest BCUT2D eigenvalue weighted by molar-refractivity contribution is -0.388. The maximum absolute atomic E-state index is 13.1. The van der Waals surface area contributed by atoms with Gasteiger partial charge < -0.3 is 9.84 Å². The number of aliphatic hydroxyl groups is 1. The number of nitro benzene ring substituents is 1. The SMILES string of the molecule is O=[N+]([O-])c1cc(F)ccc1S(=O)(=O)N1CCOC(CO)C1. The van der Waals surface area contributed by atoms with Crippen molar-refractivity contribution in [2.45, 2.75) is 11.0 Å². The van der Waals surface area contributed by atoms with Crippen molar-refractivity contribution < 1.29 is 27.6 Å². The molecule has 0 aromatic heterocycles. The lowest BCUT2D eigenvalue weighted by atomic mass is 10.3. The Balaban J connectivity index is 2.42. The number of hydrogen-bond donors (Lipinski definition) is 1. The summed E-state index contributed by atoms with van der Waals surface area (Å²) in [5, 5.41) is 19.9. The van der Waals surface area contributed by atoms with Crippen molar-refractivity contribution in [1.29, 1.82) is 0 Å². The van der Waals surface area contributed by atoms with Gasteiger partial charge in [-0.05, 0) is 12.1 Å². The Labute approximate surface area is 119 Å². The van der Waals surface area contributed by atoms with E-state index in [4.69, 9.17) is 9.84 Å². The molecule has 0 bridgehead atoms. The van der Waals surface area contributed by atoms with E-state index in [0.717, 1.165) is 16.4 Å². The van der Waals surface area contributed by atoms with E-state index in [1.165, 1.54) is 0 Å². The van der Waals surface area contributed by atoms with E-state index in [-0.39, 0.29) is 26.3 Å². The molecular formula is C11H13FN2O6S. The van der Waals surface area contributed by atoms with Gasteiger partial charge in [-0.15, -0.1) is 0 Å². The summed E-state index contributed by atoms with van der Waals surface area (Å²) in [4.78, 5) is 9.39. The number of ether oxygens (including phenoxy) is 1. The third kappa shape index (κ3) is 3.18. The summed E-state index contributed by atoms with van der Waals surface area (Å²) in [7, 11) is -4.16. The molecule has 10 heteroatoms. The van der Waals surface area contributed by atoms with E-state index in [1.807, 2.05) is 0 Å². The summed E-state index contributed by atoms with van der Waals surface area (Å²) < 4.78 is 44.1. The third-order valence-electron chi connectivity index (χ3n) is 3.04. The first-order valence-corrected chi connectivity index (χ1v) is 7.47. The van der Waals surface area contributed by atoms with Crippen LogP contribution in [0.5, 0.6) is 0 Å². The predicted molar refractivity (Wildman–Crippen MR) is 68.6 cm³/mol. The Bertz CT molecular complexity index is 650. The fourth-order valence-electron chi connectivity index (χ4n) is 2.01. The van der Waals surface area contributed by atoms with E-state index in [0.29, 0.717) is 6.07 Å². The fraction of sp³-hybridized carbons (Fsp3) is 0.455. The number of rotatable bonds is 4. The van der Waals surface area contributed by atoms with E-state index < -0.39 is 37.5 Å². The van der Waals surface area contributed by atoms with Crippen LogP contribution in [0.1, 0.15) is 0 Å². The fourth-order valence-corrected chi connectivity index (χ4v) is 3.60. The maximum Gasteiger partial charge on any atom is 0.292 e. The Kier molecular flexibility index (Phi) is 4.52. The Morgan fingerprint density at radius 1 is 1.52 bits per heavy atom. The summed E-state index contributed by atoms with van der Waals surface area (Å²) >= 11 is 0. The van der Waals surface area contributed by atoms with Gasteiger partial charge in [-0.2, -0.15) is 4.31 Å². The minimum atomic E-state index is -4.16. The van der Waals surface area contributed by atoms with Crippen LogP contribution in [0.3, 0.4) is 0 Å². The van der Waals surface area contributed by atoms with Gasteiger partial charge in [0.05, 0.1) is 30.3 Å². The zero-order valence-electron chi connectivity index (χ0n) is 10.8. The number of halogens is 1. The minimum Gasteiger partial charge on any atom is -0.394 e. The van der Waals surface area contributed by atoms with Crippen LogP contribution in [0.25, 0.3) is 0 Å². The largest absolute Gasteiger partial charge is 0.394 e. The number of hydrogen-bond acceptors (Lipinski definition) is 6. The van der Waals surface area contributed by atoms with Gasteiger partial charge in [0.25, 0.3) is 5.69 Å². The van der Waals surface area contributed by atoms with Crippen molar-refractivity contribution in [3.8, 4) is 0 Å². The number of morpholine rings is 1. The van der Waals surface area contributed by atoms with Gasteiger partial charge in [0.2, 0.25) is 10.0 Å².